The molecule has 4 aromatic carbocycles. The van der Waals surface area contributed by atoms with Crippen LogP contribution in [0.25, 0.3) is 0 Å². The Morgan fingerprint density at radius 3 is 1.04 bits per heavy atom. The minimum atomic E-state index is -0.179. The van der Waals surface area contributed by atoms with Gasteiger partial charge in [0.05, 0.1) is 0 Å². The summed E-state index contributed by atoms with van der Waals surface area (Å²) in [5.41, 5.74) is 5.84. The standard InChI is InChI=1S/C20H22N2O3.C12H16N2O2.C11H14N2O2/c1-3-21-19(24)17-10-6-16(7-11-17)13-22-20(25)18-8-4-15(5-9-18)12-14(2)23;1-3-13-12(16)11-6-4-10(5-7-11)8-14-9(2)15;1-3-12-11(15)9-4-6-10(7-5-9)13-8(2)14/h4-11H,3,12-13H2,1-2H3,(H,21,24)(H,22,25);4-7H,3,8H2,1-2H3,(H,13,16)(H,14,15);4-7H,3H2,1-2H3,(H,12,15)(H,13,14). The zero-order chi connectivity index (χ0) is 41.5. The number of carbonyl (C=O) groups is 7. The summed E-state index contributed by atoms with van der Waals surface area (Å²) in [6.07, 6.45) is 0.375. The highest BCUT2D eigenvalue weighted by Crippen LogP contribution is 2.10. The second kappa shape index (κ2) is 24.6. The summed E-state index contributed by atoms with van der Waals surface area (Å²) in [4.78, 5) is 79.2. The molecule has 0 radical (unpaired) electrons. The van der Waals surface area contributed by atoms with Crippen LogP contribution in [-0.2, 0) is 33.9 Å². The number of rotatable bonds is 14. The van der Waals surface area contributed by atoms with Crippen LogP contribution in [0, 0.1) is 0 Å². The lowest BCUT2D eigenvalue weighted by atomic mass is 10.1. The number of carbonyl (C=O) groups excluding carboxylic acids is 7. The molecule has 0 unspecified atom stereocenters. The van der Waals surface area contributed by atoms with Crippen molar-refractivity contribution in [1.29, 1.82) is 0 Å². The summed E-state index contributed by atoms with van der Waals surface area (Å²) in [5.74, 6) is -0.562. The average Bonchev–Trinajstić information content (AvgIpc) is 3.17. The van der Waals surface area contributed by atoms with E-state index in [0.29, 0.717) is 67.1 Å². The summed E-state index contributed by atoms with van der Waals surface area (Å²) < 4.78 is 0. The number of nitrogens with one attached hydrogen (secondary N) is 6. The Morgan fingerprint density at radius 1 is 0.393 bits per heavy atom. The van der Waals surface area contributed by atoms with E-state index >= 15 is 0 Å². The van der Waals surface area contributed by atoms with E-state index in [0.717, 1.165) is 16.7 Å². The Hall–Kier alpha value is -6.63. The number of hydrogen-bond acceptors (Lipinski definition) is 7. The highest BCUT2D eigenvalue weighted by molar-refractivity contribution is 5.96. The van der Waals surface area contributed by atoms with Crippen molar-refractivity contribution in [1.82, 2.24) is 26.6 Å². The number of amides is 6. The van der Waals surface area contributed by atoms with Crippen LogP contribution >= 0.6 is 0 Å². The van der Waals surface area contributed by atoms with E-state index in [4.69, 9.17) is 0 Å². The fourth-order valence-electron chi connectivity index (χ4n) is 4.82. The molecule has 0 aliphatic rings. The molecule has 6 amide bonds. The van der Waals surface area contributed by atoms with Gasteiger partial charge in [0, 0.05) is 80.9 Å². The van der Waals surface area contributed by atoms with Crippen LogP contribution in [0.1, 0.15) is 99.7 Å². The van der Waals surface area contributed by atoms with Gasteiger partial charge >= 0.3 is 0 Å². The molecule has 4 aromatic rings. The smallest absolute Gasteiger partial charge is 0.251 e. The van der Waals surface area contributed by atoms with Gasteiger partial charge in [0.2, 0.25) is 11.8 Å². The van der Waals surface area contributed by atoms with E-state index in [1.54, 1.807) is 72.8 Å². The van der Waals surface area contributed by atoms with Gasteiger partial charge in [0.1, 0.15) is 5.78 Å². The summed E-state index contributed by atoms with van der Waals surface area (Å²) in [6.45, 7) is 12.7. The number of hydrogen-bond donors (Lipinski definition) is 6. The number of anilines is 1. The quantitative estimate of drug-likeness (QED) is 0.105. The van der Waals surface area contributed by atoms with Crippen LogP contribution in [0.2, 0.25) is 0 Å². The molecule has 56 heavy (non-hydrogen) atoms. The van der Waals surface area contributed by atoms with Crippen molar-refractivity contribution in [3.63, 3.8) is 0 Å². The highest BCUT2D eigenvalue weighted by atomic mass is 16.2. The lowest BCUT2D eigenvalue weighted by Crippen LogP contribution is -2.23. The zero-order valence-electron chi connectivity index (χ0n) is 32.8. The van der Waals surface area contributed by atoms with Gasteiger partial charge in [0.25, 0.3) is 23.6 Å². The molecule has 0 saturated carbocycles. The predicted molar refractivity (Wildman–Crippen MR) is 217 cm³/mol. The molecule has 0 heterocycles. The SMILES string of the molecule is CCNC(=O)c1ccc(CNC(=O)c2ccc(CC(C)=O)cc2)cc1.CCNC(=O)c1ccc(CNC(C)=O)cc1.CCNC(=O)c1ccc(NC(C)=O)cc1. The van der Waals surface area contributed by atoms with E-state index in [2.05, 4.69) is 31.9 Å². The summed E-state index contributed by atoms with van der Waals surface area (Å²) >= 11 is 0. The van der Waals surface area contributed by atoms with E-state index in [1.165, 1.54) is 20.8 Å². The Morgan fingerprint density at radius 2 is 0.714 bits per heavy atom. The van der Waals surface area contributed by atoms with Crippen LogP contribution in [0.4, 0.5) is 5.69 Å². The topological polar surface area (TPSA) is 192 Å². The van der Waals surface area contributed by atoms with Gasteiger partial charge in [-0.3, -0.25) is 33.6 Å². The van der Waals surface area contributed by atoms with E-state index < -0.39 is 0 Å². The van der Waals surface area contributed by atoms with Crippen LogP contribution in [0.3, 0.4) is 0 Å². The first-order valence-electron chi connectivity index (χ1n) is 18.3. The van der Waals surface area contributed by atoms with Gasteiger partial charge in [-0.25, -0.2) is 0 Å². The molecule has 13 nitrogen and oxygen atoms in total. The lowest BCUT2D eigenvalue weighted by molar-refractivity contribution is -0.119. The molecule has 0 bridgehead atoms. The Kier molecular flexibility index (Phi) is 20.0. The third-order valence-corrected chi connectivity index (χ3v) is 7.58. The third kappa shape index (κ3) is 17.5. The number of ketones is 1. The maximum atomic E-state index is 12.2. The molecule has 13 heteroatoms. The van der Waals surface area contributed by atoms with E-state index in [1.807, 2.05) is 45.0 Å². The molecule has 6 N–H and O–H groups in total. The maximum absolute atomic E-state index is 12.2. The van der Waals surface area contributed by atoms with E-state index in [9.17, 15) is 33.6 Å². The van der Waals surface area contributed by atoms with Crippen molar-refractivity contribution < 1.29 is 33.6 Å². The molecule has 0 atom stereocenters. The van der Waals surface area contributed by atoms with Crippen LogP contribution < -0.4 is 31.9 Å². The molecule has 0 saturated heterocycles. The third-order valence-electron chi connectivity index (χ3n) is 7.58. The van der Waals surface area contributed by atoms with Gasteiger partial charge in [-0.05, 0) is 105 Å². The molecule has 0 fully saturated rings. The Balaban J connectivity index is 0.000000305. The van der Waals surface area contributed by atoms with Gasteiger partial charge in [-0.15, -0.1) is 0 Å². The summed E-state index contributed by atoms with van der Waals surface area (Å²) in [7, 11) is 0. The van der Waals surface area contributed by atoms with Crippen LogP contribution in [0.5, 0.6) is 0 Å². The van der Waals surface area contributed by atoms with Gasteiger partial charge in [-0.2, -0.15) is 0 Å². The first kappa shape index (κ1) is 45.5. The molecular formula is C43H52N6O7. The van der Waals surface area contributed by atoms with Gasteiger partial charge in [-0.1, -0.05) is 36.4 Å². The predicted octanol–water partition coefficient (Wildman–Crippen LogP) is 4.96. The minimum absolute atomic E-state index is 0.0622. The lowest BCUT2D eigenvalue weighted by Gasteiger charge is -2.07. The van der Waals surface area contributed by atoms with Gasteiger partial charge in [0.15, 0.2) is 0 Å². The van der Waals surface area contributed by atoms with Crippen molar-refractivity contribution in [2.75, 3.05) is 25.0 Å². The second-order valence-corrected chi connectivity index (χ2v) is 12.4. The second-order valence-electron chi connectivity index (χ2n) is 12.4. The normalized spacial score (nSPS) is 9.82. The highest BCUT2D eigenvalue weighted by Gasteiger charge is 2.08. The fourth-order valence-corrected chi connectivity index (χ4v) is 4.82. The van der Waals surface area contributed by atoms with Crippen molar-refractivity contribution >= 4 is 46.9 Å². The van der Waals surface area contributed by atoms with Gasteiger partial charge < -0.3 is 31.9 Å². The molecule has 0 aromatic heterocycles. The van der Waals surface area contributed by atoms with Crippen molar-refractivity contribution in [2.24, 2.45) is 0 Å². The van der Waals surface area contributed by atoms with Crippen molar-refractivity contribution in [3.8, 4) is 0 Å². The monoisotopic (exact) mass is 764 g/mol. The van der Waals surface area contributed by atoms with Crippen molar-refractivity contribution in [2.45, 2.75) is 61.1 Å². The molecule has 0 aliphatic heterocycles. The molecule has 0 spiro atoms. The number of benzene rings is 4. The summed E-state index contributed by atoms with van der Waals surface area (Å²) in [5, 5.41) is 16.3. The fraction of sp³-hybridized carbons (Fsp3) is 0.279. The molecular weight excluding hydrogens is 713 g/mol. The summed E-state index contributed by atoms with van der Waals surface area (Å²) in [6, 6.07) is 28.1. The van der Waals surface area contributed by atoms with Crippen molar-refractivity contribution in [3.05, 3.63) is 136 Å². The number of Topliss-reactive ketones (excluding diaryl/α,β-unsaturated/α-hetero) is 1. The molecule has 0 aliphatic carbocycles. The maximum Gasteiger partial charge on any atom is 0.251 e. The Bertz CT molecular complexity index is 1910. The minimum Gasteiger partial charge on any atom is -0.352 e. The van der Waals surface area contributed by atoms with Crippen LogP contribution in [0.15, 0.2) is 97.1 Å². The Labute approximate surface area is 328 Å². The molecule has 4 rings (SSSR count). The van der Waals surface area contributed by atoms with E-state index in [-0.39, 0.29) is 41.2 Å². The largest absolute Gasteiger partial charge is 0.352 e. The molecule has 296 valence electrons. The average molecular weight is 765 g/mol. The first-order chi connectivity index (χ1) is 26.8. The zero-order valence-corrected chi connectivity index (χ0v) is 32.8. The first-order valence-corrected chi connectivity index (χ1v) is 18.3. The van der Waals surface area contributed by atoms with Crippen LogP contribution in [-0.4, -0.2) is 60.9 Å².